The van der Waals surface area contributed by atoms with Gasteiger partial charge in [-0.05, 0) is 55.3 Å². The maximum atomic E-state index is 14.3. The molecule has 2 heterocycles. The standard InChI is InChI=1S/C37H35N3O4S/c1-5-39(6-2)36(42)33-24(3)38-37-40(34(33)29-19-10-12-21-31(29)43-4)35(41)32(45-37)22-26-15-8-11-20-30(26)44-23-27-17-13-16-25-14-7-9-18-28(25)27/h7-22,34H,5-6,23H2,1-4H3/b32-22+/t34-/m1/s1. The summed E-state index contributed by atoms with van der Waals surface area (Å²) in [7, 11) is 1.60. The topological polar surface area (TPSA) is 73.1 Å². The summed E-state index contributed by atoms with van der Waals surface area (Å²) in [5.41, 5.74) is 3.44. The Morgan fingerprint density at radius 1 is 0.933 bits per heavy atom. The maximum absolute atomic E-state index is 14.3. The number of hydrogen-bond donors (Lipinski definition) is 0. The van der Waals surface area contributed by atoms with Crippen molar-refractivity contribution < 1.29 is 14.3 Å². The van der Waals surface area contributed by atoms with Crippen molar-refractivity contribution in [1.82, 2.24) is 9.47 Å². The summed E-state index contributed by atoms with van der Waals surface area (Å²) in [5.74, 6) is 1.13. The van der Waals surface area contributed by atoms with Crippen molar-refractivity contribution in [3.05, 3.63) is 139 Å². The summed E-state index contributed by atoms with van der Waals surface area (Å²) in [4.78, 5) is 35.3. The molecule has 1 aromatic heterocycles. The van der Waals surface area contributed by atoms with Crippen molar-refractivity contribution in [3.8, 4) is 11.5 Å². The number of thiazole rings is 1. The lowest BCUT2D eigenvalue weighted by atomic mass is 9.94. The summed E-state index contributed by atoms with van der Waals surface area (Å²) in [5, 5.41) is 2.30. The number of methoxy groups -OCH3 is 1. The Bertz CT molecular complexity index is 2100. The highest BCUT2D eigenvalue weighted by atomic mass is 32.1. The number of carbonyl (C=O) groups is 1. The van der Waals surface area contributed by atoms with Gasteiger partial charge in [0.05, 0.1) is 22.9 Å². The van der Waals surface area contributed by atoms with E-state index >= 15 is 0 Å². The van der Waals surface area contributed by atoms with Gasteiger partial charge in [-0.15, -0.1) is 0 Å². The number of nitrogens with zero attached hydrogens (tertiary/aromatic N) is 3. The van der Waals surface area contributed by atoms with Crippen LogP contribution < -0.4 is 24.4 Å². The predicted molar refractivity (Wildman–Crippen MR) is 179 cm³/mol. The fraction of sp³-hybridized carbons (Fsp3) is 0.216. The molecule has 0 fully saturated rings. The lowest BCUT2D eigenvalue weighted by Gasteiger charge is -2.29. The van der Waals surface area contributed by atoms with Crippen molar-refractivity contribution in [2.45, 2.75) is 33.4 Å². The van der Waals surface area contributed by atoms with Gasteiger partial charge in [0.2, 0.25) is 0 Å². The molecular formula is C37H35N3O4S. The minimum absolute atomic E-state index is 0.140. The summed E-state index contributed by atoms with van der Waals surface area (Å²) < 4.78 is 14.2. The highest BCUT2D eigenvalue weighted by molar-refractivity contribution is 7.07. The van der Waals surface area contributed by atoms with E-state index in [0.717, 1.165) is 27.5 Å². The van der Waals surface area contributed by atoms with Gasteiger partial charge in [0.1, 0.15) is 24.1 Å². The highest BCUT2D eigenvalue weighted by Crippen LogP contribution is 2.36. The van der Waals surface area contributed by atoms with Crippen molar-refractivity contribution in [3.63, 3.8) is 0 Å². The van der Waals surface area contributed by atoms with E-state index in [4.69, 9.17) is 14.5 Å². The van der Waals surface area contributed by atoms with Crippen molar-refractivity contribution >= 4 is 34.1 Å². The third-order valence-corrected chi connectivity index (χ3v) is 9.19. The van der Waals surface area contributed by atoms with Crippen LogP contribution in [0, 0.1) is 0 Å². The normalized spacial score (nSPS) is 14.7. The molecular weight excluding hydrogens is 582 g/mol. The minimum Gasteiger partial charge on any atom is -0.496 e. The van der Waals surface area contributed by atoms with Crippen LogP contribution in [0.15, 0.2) is 112 Å². The first-order chi connectivity index (χ1) is 21.9. The SMILES string of the molecule is CCN(CC)C(=O)C1=C(C)N=c2s/c(=C/c3ccccc3OCc3cccc4ccccc34)c(=O)n2[C@@H]1c1ccccc1OC. The number of carbonyl (C=O) groups excluding carboxylic acids is 1. The quantitative estimate of drug-likeness (QED) is 0.208. The summed E-state index contributed by atoms with van der Waals surface area (Å²) in [6, 6.07) is 29.0. The van der Waals surface area contributed by atoms with Crippen LogP contribution in [0.5, 0.6) is 11.5 Å². The molecule has 228 valence electrons. The molecule has 1 aliphatic rings. The van der Waals surface area contributed by atoms with E-state index in [1.54, 1.807) is 16.6 Å². The van der Waals surface area contributed by atoms with Gasteiger partial charge in [-0.2, -0.15) is 0 Å². The number of amides is 1. The average molecular weight is 618 g/mol. The van der Waals surface area contributed by atoms with Crippen LogP contribution in [-0.2, 0) is 11.4 Å². The number of fused-ring (bicyclic) bond motifs is 2. The molecule has 7 nitrogen and oxygen atoms in total. The van der Waals surface area contributed by atoms with E-state index in [1.165, 1.54) is 11.3 Å². The fourth-order valence-corrected chi connectivity index (χ4v) is 6.95. The molecule has 8 heteroatoms. The molecule has 0 spiro atoms. The van der Waals surface area contributed by atoms with Gasteiger partial charge in [0.25, 0.3) is 11.5 Å². The van der Waals surface area contributed by atoms with E-state index in [1.807, 2.05) is 93.6 Å². The molecule has 4 aromatic carbocycles. The molecule has 0 saturated carbocycles. The Morgan fingerprint density at radius 2 is 1.62 bits per heavy atom. The van der Waals surface area contributed by atoms with Gasteiger partial charge < -0.3 is 14.4 Å². The molecule has 45 heavy (non-hydrogen) atoms. The summed E-state index contributed by atoms with van der Waals surface area (Å²) in [6.45, 7) is 7.22. The number of para-hydroxylation sites is 2. The molecule has 0 N–H and O–H groups in total. The Hall–Kier alpha value is -4.95. The molecule has 0 radical (unpaired) electrons. The van der Waals surface area contributed by atoms with Crippen LogP contribution >= 0.6 is 11.3 Å². The molecule has 5 aromatic rings. The van der Waals surface area contributed by atoms with Gasteiger partial charge in [-0.1, -0.05) is 90.2 Å². The van der Waals surface area contributed by atoms with Gasteiger partial charge in [-0.25, -0.2) is 4.99 Å². The molecule has 6 rings (SSSR count). The third kappa shape index (κ3) is 5.69. The van der Waals surface area contributed by atoms with Gasteiger partial charge >= 0.3 is 0 Å². The third-order valence-electron chi connectivity index (χ3n) is 8.20. The number of benzene rings is 4. The lowest BCUT2D eigenvalue weighted by Crippen LogP contribution is -2.43. The number of likely N-dealkylation sites (N-methyl/N-ethyl adjacent to an activating group) is 1. The van der Waals surface area contributed by atoms with Crippen LogP contribution in [0.1, 0.15) is 43.5 Å². The maximum Gasteiger partial charge on any atom is 0.271 e. The van der Waals surface area contributed by atoms with Crippen molar-refractivity contribution in [1.29, 1.82) is 0 Å². The Morgan fingerprint density at radius 3 is 2.40 bits per heavy atom. The largest absolute Gasteiger partial charge is 0.496 e. The second-order valence-electron chi connectivity index (χ2n) is 10.8. The molecule has 0 saturated heterocycles. The molecule has 0 unspecified atom stereocenters. The smallest absolute Gasteiger partial charge is 0.271 e. The molecule has 1 aliphatic heterocycles. The van der Waals surface area contributed by atoms with Gasteiger partial charge in [-0.3, -0.25) is 14.2 Å². The fourth-order valence-electron chi connectivity index (χ4n) is 5.91. The van der Waals surface area contributed by atoms with Crippen LogP contribution in [0.4, 0.5) is 0 Å². The summed E-state index contributed by atoms with van der Waals surface area (Å²) in [6.07, 6.45) is 1.85. The lowest BCUT2D eigenvalue weighted by molar-refractivity contribution is -0.127. The van der Waals surface area contributed by atoms with E-state index in [2.05, 4.69) is 24.3 Å². The van der Waals surface area contributed by atoms with E-state index in [9.17, 15) is 9.59 Å². The zero-order chi connectivity index (χ0) is 31.5. The second kappa shape index (κ2) is 13.0. The number of allylic oxidation sites excluding steroid dienone is 1. The number of ether oxygens (including phenoxy) is 2. The van der Waals surface area contributed by atoms with E-state index in [-0.39, 0.29) is 11.5 Å². The first kappa shape index (κ1) is 30.1. The van der Waals surface area contributed by atoms with Crippen LogP contribution in [0.2, 0.25) is 0 Å². The molecule has 0 bridgehead atoms. The monoisotopic (exact) mass is 617 g/mol. The molecule has 1 atom stereocenters. The first-order valence-electron chi connectivity index (χ1n) is 15.1. The Kier molecular flexibility index (Phi) is 8.67. The number of aromatic nitrogens is 1. The number of rotatable bonds is 9. The molecule has 1 amide bonds. The molecule has 0 aliphatic carbocycles. The first-order valence-corrected chi connectivity index (χ1v) is 15.9. The summed E-state index contributed by atoms with van der Waals surface area (Å²) >= 11 is 1.30. The van der Waals surface area contributed by atoms with Gasteiger partial charge in [0, 0.05) is 24.2 Å². The predicted octanol–water partition coefficient (Wildman–Crippen LogP) is 5.84. The minimum atomic E-state index is -0.689. The average Bonchev–Trinajstić information content (AvgIpc) is 3.37. The van der Waals surface area contributed by atoms with E-state index in [0.29, 0.717) is 51.8 Å². The van der Waals surface area contributed by atoms with Crippen LogP contribution in [-0.4, -0.2) is 35.6 Å². The van der Waals surface area contributed by atoms with Crippen LogP contribution in [0.25, 0.3) is 16.8 Å². The van der Waals surface area contributed by atoms with Crippen molar-refractivity contribution in [2.24, 2.45) is 4.99 Å². The highest BCUT2D eigenvalue weighted by Gasteiger charge is 2.35. The Labute approximate surface area is 266 Å². The van der Waals surface area contributed by atoms with Crippen LogP contribution in [0.3, 0.4) is 0 Å². The zero-order valence-corrected chi connectivity index (χ0v) is 26.6. The Balaban J connectivity index is 1.45. The number of hydrogen-bond acceptors (Lipinski definition) is 6. The van der Waals surface area contributed by atoms with E-state index < -0.39 is 6.04 Å². The second-order valence-corrected chi connectivity index (χ2v) is 11.8. The zero-order valence-electron chi connectivity index (χ0n) is 25.8. The van der Waals surface area contributed by atoms with Gasteiger partial charge in [0.15, 0.2) is 4.80 Å². The van der Waals surface area contributed by atoms with Crippen molar-refractivity contribution in [2.75, 3.05) is 20.2 Å².